The predicted molar refractivity (Wildman–Crippen MR) is 86.2 cm³/mol. The first-order valence-electron chi connectivity index (χ1n) is 6.80. The van der Waals surface area contributed by atoms with Gasteiger partial charge in [-0.1, -0.05) is 6.07 Å². The molecule has 2 rings (SSSR count). The van der Waals surface area contributed by atoms with Gasteiger partial charge < -0.3 is 10.6 Å². The largest absolute Gasteiger partial charge is 0.339 e. The molecule has 0 spiro atoms. The Morgan fingerprint density at radius 3 is 2.63 bits per heavy atom. The lowest BCUT2D eigenvalue weighted by Crippen LogP contribution is -2.42. The highest BCUT2D eigenvalue weighted by atomic mass is 127. The molecule has 104 valence electrons. The van der Waals surface area contributed by atoms with Gasteiger partial charge in [-0.2, -0.15) is 0 Å². The molecule has 0 radical (unpaired) electrons. The van der Waals surface area contributed by atoms with Crippen LogP contribution in [0.4, 0.5) is 0 Å². The van der Waals surface area contributed by atoms with Crippen LogP contribution in [0.2, 0.25) is 0 Å². The minimum absolute atomic E-state index is 0.166. The zero-order valence-electron chi connectivity index (χ0n) is 11.5. The number of hydrogen-bond acceptors (Lipinski definition) is 2. The van der Waals surface area contributed by atoms with E-state index < -0.39 is 0 Å². The summed E-state index contributed by atoms with van der Waals surface area (Å²) in [5.41, 5.74) is 7.86. The Kier molecular flexibility index (Phi) is 4.84. The van der Waals surface area contributed by atoms with E-state index in [1.807, 2.05) is 30.0 Å². The molecule has 0 bridgehead atoms. The standard InChI is InChI=1S/C15H21IN2O/c1-10-13(4-3-5-14(10)16)15(19)18-8-6-12(7-9-18)11(2)17/h3-5,11-12H,6-9,17H2,1-2H3. The number of benzene rings is 1. The maximum absolute atomic E-state index is 12.5. The van der Waals surface area contributed by atoms with Crippen molar-refractivity contribution in [2.24, 2.45) is 11.7 Å². The number of nitrogens with two attached hydrogens (primary N) is 1. The van der Waals surface area contributed by atoms with Gasteiger partial charge in [0.25, 0.3) is 5.91 Å². The molecular weight excluding hydrogens is 351 g/mol. The summed E-state index contributed by atoms with van der Waals surface area (Å²) >= 11 is 2.28. The average Bonchev–Trinajstić information content (AvgIpc) is 2.41. The third kappa shape index (κ3) is 3.28. The highest BCUT2D eigenvalue weighted by Crippen LogP contribution is 2.23. The van der Waals surface area contributed by atoms with E-state index in [-0.39, 0.29) is 11.9 Å². The van der Waals surface area contributed by atoms with Crippen molar-refractivity contribution >= 4 is 28.5 Å². The maximum Gasteiger partial charge on any atom is 0.254 e. The summed E-state index contributed by atoms with van der Waals surface area (Å²) in [6, 6.07) is 6.15. The van der Waals surface area contributed by atoms with Gasteiger partial charge in [0.05, 0.1) is 0 Å². The second-order valence-corrected chi connectivity index (χ2v) is 6.56. The second kappa shape index (κ2) is 6.22. The number of nitrogens with zero attached hydrogens (tertiary/aromatic N) is 1. The van der Waals surface area contributed by atoms with Crippen LogP contribution in [-0.4, -0.2) is 29.9 Å². The summed E-state index contributed by atoms with van der Waals surface area (Å²) in [5.74, 6) is 0.722. The zero-order chi connectivity index (χ0) is 14.0. The lowest BCUT2D eigenvalue weighted by molar-refractivity contribution is 0.0680. The van der Waals surface area contributed by atoms with Crippen LogP contribution in [0.5, 0.6) is 0 Å². The average molecular weight is 372 g/mol. The van der Waals surface area contributed by atoms with Crippen molar-refractivity contribution in [2.75, 3.05) is 13.1 Å². The van der Waals surface area contributed by atoms with Crippen molar-refractivity contribution in [3.05, 3.63) is 32.9 Å². The van der Waals surface area contributed by atoms with Crippen LogP contribution in [0.1, 0.15) is 35.7 Å². The fourth-order valence-corrected chi connectivity index (χ4v) is 3.14. The van der Waals surface area contributed by atoms with Gasteiger partial charge in [-0.15, -0.1) is 0 Å². The van der Waals surface area contributed by atoms with E-state index in [0.717, 1.165) is 40.6 Å². The van der Waals surface area contributed by atoms with Crippen molar-refractivity contribution in [3.63, 3.8) is 0 Å². The zero-order valence-corrected chi connectivity index (χ0v) is 13.7. The normalized spacial score (nSPS) is 18.4. The molecule has 0 saturated carbocycles. The Morgan fingerprint density at radius 2 is 2.05 bits per heavy atom. The first-order chi connectivity index (χ1) is 9.00. The van der Waals surface area contributed by atoms with Crippen LogP contribution in [0, 0.1) is 16.4 Å². The third-order valence-corrected chi connectivity index (χ3v) is 5.24. The van der Waals surface area contributed by atoms with Crippen LogP contribution < -0.4 is 5.73 Å². The number of carbonyl (C=O) groups excluding carboxylic acids is 1. The summed E-state index contributed by atoms with van der Waals surface area (Å²) in [6.45, 7) is 5.74. The number of carbonyl (C=O) groups is 1. The Bertz CT molecular complexity index is 465. The van der Waals surface area contributed by atoms with Crippen LogP contribution in [0.25, 0.3) is 0 Å². The van der Waals surface area contributed by atoms with Crippen molar-refractivity contribution in [3.8, 4) is 0 Å². The summed E-state index contributed by atoms with van der Waals surface area (Å²) in [5, 5.41) is 0. The second-order valence-electron chi connectivity index (χ2n) is 5.40. The fraction of sp³-hybridized carbons (Fsp3) is 0.533. The topological polar surface area (TPSA) is 46.3 Å². The molecule has 0 aromatic heterocycles. The molecule has 3 nitrogen and oxygen atoms in total. The number of rotatable bonds is 2. The molecule has 0 aliphatic carbocycles. The fourth-order valence-electron chi connectivity index (χ4n) is 2.64. The minimum Gasteiger partial charge on any atom is -0.339 e. The van der Waals surface area contributed by atoms with Gasteiger partial charge >= 0.3 is 0 Å². The molecule has 1 aliphatic rings. The van der Waals surface area contributed by atoms with Crippen LogP contribution in [0.15, 0.2) is 18.2 Å². The molecule has 1 fully saturated rings. The van der Waals surface area contributed by atoms with E-state index in [1.54, 1.807) is 0 Å². The first kappa shape index (κ1) is 14.8. The predicted octanol–water partition coefficient (Wildman–Crippen LogP) is 2.80. The van der Waals surface area contributed by atoms with Gasteiger partial charge in [-0.3, -0.25) is 4.79 Å². The number of hydrogen-bond donors (Lipinski definition) is 1. The van der Waals surface area contributed by atoms with Gasteiger partial charge in [0, 0.05) is 28.3 Å². The highest BCUT2D eigenvalue weighted by molar-refractivity contribution is 14.1. The van der Waals surface area contributed by atoms with Crippen molar-refractivity contribution < 1.29 is 4.79 Å². The van der Waals surface area contributed by atoms with E-state index in [0.29, 0.717) is 5.92 Å². The lowest BCUT2D eigenvalue weighted by atomic mass is 9.90. The third-order valence-electron chi connectivity index (χ3n) is 4.07. The summed E-state index contributed by atoms with van der Waals surface area (Å²) in [4.78, 5) is 14.5. The quantitative estimate of drug-likeness (QED) is 0.812. The molecule has 1 unspecified atom stereocenters. The van der Waals surface area contributed by atoms with E-state index in [4.69, 9.17) is 5.73 Å². The van der Waals surface area contributed by atoms with E-state index in [9.17, 15) is 4.79 Å². The number of halogens is 1. The number of piperidine rings is 1. The first-order valence-corrected chi connectivity index (χ1v) is 7.88. The van der Waals surface area contributed by atoms with Gasteiger partial charge in [-0.25, -0.2) is 0 Å². The van der Waals surface area contributed by atoms with Crippen molar-refractivity contribution in [1.29, 1.82) is 0 Å². The van der Waals surface area contributed by atoms with Crippen molar-refractivity contribution in [2.45, 2.75) is 32.7 Å². The van der Waals surface area contributed by atoms with Gasteiger partial charge in [-0.05, 0) is 72.9 Å². The molecule has 1 atom stereocenters. The molecule has 1 saturated heterocycles. The monoisotopic (exact) mass is 372 g/mol. The summed E-state index contributed by atoms with van der Waals surface area (Å²) < 4.78 is 1.15. The number of amides is 1. The van der Waals surface area contributed by atoms with E-state index in [2.05, 4.69) is 29.5 Å². The minimum atomic E-state index is 0.166. The van der Waals surface area contributed by atoms with E-state index in [1.165, 1.54) is 0 Å². The molecule has 2 N–H and O–H groups in total. The molecular formula is C15H21IN2O. The molecule has 1 amide bonds. The molecule has 1 aromatic carbocycles. The Hall–Kier alpha value is -0.620. The van der Waals surface area contributed by atoms with Gasteiger partial charge in [0.15, 0.2) is 0 Å². The summed E-state index contributed by atoms with van der Waals surface area (Å²) in [7, 11) is 0. The Labute approximate surface area is 128 Å². The molecule has 4 heteroatoms. The van der Waals surface area contributed by atoms with Crippen LogP contribution in [0.3, 0.4) is 0 Å². The highest BCUT2D eigenvalue weighted by Gasteiger charge is 2.26. The van der Waals surface area contributed by atoms with Crippen LogP contribution >= 0.6 is 22.6 Å². The Balaban J connectivity index is 2.07. The molecule has 19 heavy (non-hydrogen) atoms. The SMILES string of the molecule is Cc1c(I)cccc1C(=O)N1CCC(C(C)N)CC1. The smallest absolute Gasteiger partial charge is 0.254 e. The van der Waals surface area contributed by atoms with E-state index >= 15 is 0 Å². The maximum atomic E-state index is 12.5. The van der Waals surface area contributed by atoms with Crippen LogP contribution in [-0.2, 0) is 0 Å². The van der Waals surface area contributed by atoms with Gasteiger partial charge in [0.1, 0.15) is 0 Å². The summed E-state index contributed by atoms with van der Waals surface area (Å²) in [6.07, 6.45) is 2.04. The molecule has 1 heterocycles. The lowest BCUT2D eigenvalue weighted by Gasteiger charge is -2.34. The van der Waals surface area contributed by atoms with Crippen molar-refractivity contribution in [1.82, 2.24) is 4.90 Å². The molecule has 1 aliphatic heterocycles. The number of likely N-dealkylation sites (tertiary alicyclic amines) is 1. The molecule has 1 aromatic rings. The Morgan fingerprint density at radius 1 is 1.42 bits per heavy atom. The van der Waals surface area contributed by atoms with Gasteiger partial charge in [0.2, 0.25) is 0 Å².